The van der Waals surface area contributed by atoms with Crippen LogP contribution in [0.1, 0.15) is 50.0 Å². The van der Waals surface area contributed by atoms with E-state index in [1.807, 2.05) is 74.5 Å². The lowest BCUT2D eigenvalue weighted by Crippen LogP contribution is -2.27. The highest BCUT2D eigenvalue weighted by Crippen LogP contribution is 2.31. The molecule has 162 valence electrons. The molecule has 0 unspecified atom stereocenters. The number of hydrogen-bond donors (Lipinski definition) is 0. The van der Waals surface area contributed by atoms with Crippen LogP contribution in [0.4, 0.5) is 11.4 Å². The topological polar surface area (TPSA) is 32.7 Å². The highest BCUT2D eigenvalue weighted by molar-refractivity contribution is 6.17. The van der Waals surface area contributed by atoms with Gasteiger partial charge in [0.05, 0.1) is 12.1 Å². The van der Waals surface area contributed by atoms with E-state index in [9.17, 15) is 4.79 Å². The molecule has 0 aliphatic heterocycles. The number of ketones is 1. The third kappa shape index (κ3) is 5.95. The van der Waals surface area contributed by atoms with E-state index in [-0.39, 0.29) is 24.3 Å². The number of benzene rings is 3. The van der Waals surface area contributed by atoms with Crippen LogP contribution in [-0.2, 0) is 0 Å². The number of rotatable bonds is 7. The van der Waals surface area contributed by atoms with Gasteiger partial charge in [0.2, 0.25) is 0 Å². The molecule has 0 amide bonds. The van der Waals surface area contributed by atoms with Crippen molar-refractivity contribution in [2.45, 2.75) is 46.2 Å². The van der Waals surface area contributed by atoms with Crippen LogP contribution in [0.2, 0.25) is 0 Å². The first-order valence-corrected chi connectivity index (χ1v) is 11.1. The Morgan fingerprint density at radius 3 is 2.06 bits per heavy atom. The van der Waals surface area contributed by atoms with Crippen molar-refractivity contribution in [1.82, 2.24) is 0 Å². The second kappa shape index (κ2) is 11.1. The minimum Gasteiger partial charge on any atom is -0.338 e. The van der Waals surface area contributed by atoms with Gasteiger partial charge in [-0.3, -0.25) is 9.79 Å². The van der Waals surface area contributed by atoms with E-state index in [0.29, 0.717) is 11.3 Å². The second-order valence-corrected chi connectivity index (χ2v) is 8.16. The lowest BCUT2D eigenvalue weighted by atomic mass is 10.0. The van der Waals surface area contributed by atoms with Gasteiger partial charge in [0.25, 0.3) is 0 Å². The second-order valence-electron chi connectivity index (χ2n) is 8.16. The average molecular weight is 423 g/mol. The minimum absolute atomic E-state index is 0.0170. The summed E-state index contributed by atoms with van der Waals surface area (Å²) in [4.78, 5) is 19.6. The molecule has 0 bridgehead atoms. The number of anilines is 2. The Labute approximate surface area is 191 Å². The van der Waals surface area contributed by atoms with Gasteiger partial charge in [-0.2, -0.15) is 0 Å². The van der Waals surface area contributed by atoms with E-state index in [2.05, 4.69) is 54.9 Å². The maximum atomic E-state index is 12.5. The van der Waals surface area contributed by atoms with Gasteiger partial charge < -0.3 is 4.90 Å². The SMILES string of the molecule is CC(C)N=C(C#CCC(=O)c1ccccc1)c1ccccc1N(c1ccccc1)C(C)C. The highest BCUT2D eigenvalue weighted by atomic mass is 16.1. The monoisotopic (exact) mass is 422 g/mol. The number of nitrogens with zero attached hydrogens (tertiary/aromatic N) is 2. The van der Waals surface area contributed by atoms with Crippen LogP contribution in [0.3, 0.4) is 0 Å². The number of carbonyl (C=O) groups is 1. The maximum Gasteiger partial charge on any atom is 0.174 e. The fraction of sp³-hybridized carbons (Fsp3) is 0.241. The van der Waals surface area contributed by atoms with Crippen molar-refractivity contribution in [2.24, 2.45) is 4.99 Å². The van der Waals surface area contributed by atoms with Crippen molar-refractivity contribution in [2.75, 3.05) is 4.90 Å². The van der Waals surface area contributed by atoms with Crippen molar-refractivity contribution < 1.29 is 4.79 Å². The Kier molecular flexibility index (Phi) is 8.00. The number of hydrogen-bond acceptors (Lipinski definition) is 3. The molecular formula is C29H30N2O. The van der Waals surface area contributed by atoms with Crippen LogP contribution in [0.15, 0.2) is 89.9 Å². The predicted octanol–water partition coefficient (Wildman–Crippen LogP) is 6.71. The molecule has 0 atom stereocenters. The third-order valence-electron chi connectivity index (χ3n) is 4.91. The van der Waals surface area contributed by atoms with E-state index < -0.39 is 0 Å². The zero-order valence-corrected chi connectivity index (χ0v) is 19.2. The molecule has 0 aliphatic rings. The minimum atomic E-state index is 0.0170. The average Bonchev–Trinajstić information content (AvgIpc) is 2.80. The van der Waals surface area contributed by atoms with Crippen molar-refractivity contribution in [1.29, 1.82) is 0 Å². The fourth-order valence-corrected chi connectivity index (χ4v) is 3.55. The molecule has 32 heavy (non-hydrogen) atoms. The molecule has 0 spiro atoms. The van der Waals surface area contributed by atoms with E-state index in [4.69, 9.17) is 4.99 Å². The lowest BCUT2D eigenvalue weighted by Gasteiger charge is -2.31. The maximum absolute atomic E-state index is 12.5. The molecule has 3 heteroatoms. The van der Waals surface area contributed by atoms with Crippen LogP contribution in [0.25, 0.3) is 0 Å². The molecule has 3 rings (SSSR count). The zero-order chi connectivity index (χ0) is 22.9. The molecule has 0 radical (unpaired) electrons. The summed E-state index contributed by atoms with van der Waals surface area (Å²) in [6, 6.07) is 28.2. The summed E-state index contributed by atoms with van der Waals surface area (Å²) >= 11 is 0. The Bertz CT molecular complexity index is 1120. The van der Waals surface area contributed by atoms with Gasteiger partial charge in [-0.25, -0.2) is 0 Å². The Balaban J connectivity index is 1.99. The number of para-hydroxylation sites is 2. The summed E-state index contributed by atoms with van der Waals surface area (Å²) in [5.74, 6) is 6.30. The predicted molar refractivity (Wildman–Crippen MR) is 135 cm³/mol. The molecule has 0 aromatic heterocycles. The van der Waals surface area contributed by atoms with Gasteiger partial charge >= 0.3 is 0 Å². The standard InChI is InChI=1S/C29H30N2O/c1-22(2)30-27(19-13-21-29(32)24-14-7-5-8-15-24)26-18-11-12-20-28(26)31(23(3)4)25-16-9-6-10-17-25/h5-12,14-18,20,22-23H,21H2,1-4H3. The largest absolute Gasteiger partial charge is 0.338 e. The number of aliphatic imine (C=N–C) groups is 1. The third-order valence-corrected chi connectivity index (χ3v) is 4.91. The van der Waals surface area contributed by atoms with Gasteiger partial charge in [0.15, 0.2) is 5.78 Å². The molecule has 3 aromatic rings. The smallest absolute Gasteiger partial charge is 0.174 e. The van der Waals surface area contributed by atoms with Crippen molar-refractivity contribution in [3.05, 3.63) is 96.1 Å². The van der Waals surface area contributed by atoms with Gasteiger partial charge in [-0.05, 0) is 51.8 Å². The van der Waals surface area contributed by atoms with Crippen LogP contribution in [0, 0.1) is 11.8 Å². The summed E-state index contributed by atoms with van der Waals surface area (Å²) in [6.07, 6.45) is 0.163. The molecule has 3 aromatic carbocycles. The summed E-state index contributed by atoms with van der Waals surface area (Å²) in [7, 11) is 0. The first-order valence-electron chi connectivity index (χ1n) is 11.1. The van der Waals surface area contributed by atoms with Crippen molar-refractivity contribution in [3.8, 4) is 11.8 Å². The van der Waals surface area contributed by atoms with Gasteiger partial charge in [-0.15, -0.1) is 0 Å². The first-order chi connectivity index (χ1) is 15.5. The van der Waals surface area contributed by atoms with Crippen LogP contribution < -0.4 is 4.90 Å². The van der Waals surface area contributed by atoms with Gasteiger partial charge in [0.1, 0.15) is 5.71 Å². The van der Waals surface area contributed by atoms with Gasteiger partial charge in [0, 0.05) is 28.9 Å². The zero-order valence-electron chi connectivity index (χ0n) is 19.2. The lowest BCUT2D eigenvalue weighted by molar-refractivity contribution is 0.0998. The fourth-order valence-electron chi connectivity index (χ4n) is 3.55. The Morgan fingerprint density at radius 1 is 0.844 bits per heavy atom. The summed E-state index contributed by atoms with van der Waals surface area (Å²) in [5, 5.41) is 0. The summed E-state index contributed by atoms with van der Waals surface area (Å²) in [5.41, 5.74) is 4.53. The van der Waals surface area contributed by atoms with E-state index in [1.54, 1.807) is 0 Å². The quantitative estimate of drug-likeness (QED) is 0.241. The summed E-state index contributed by atoms with van der Waals surface area (Å²) < 4.78 is 0. The molecular weight excluding hydrogens is 392 g/mol. The molecule has 0 fully saturated rings. The van der Waals surface area contributed by atoms with E-state index >= 15 is 0 Å². The summed E-state index contributed by atoms with van der Waals surface area (Å²) in [6.45, 7) is 8.42. The first kappa shape index (κ1) is 23.0. The normalized spacial score (nSPS) is 11.2. The molecule has 3 nitrogen and oxygen atoms in total. The number of carbonyl (C=O) groups excluding carboxylic acids is 1. The molecule has 0 heterocycles. The molecule has 0 saturated carbocycles. The van der Waals surface area contributed by atoms with Crippen LogP contribution >= 0.6 is 0 Å². The van der Waals surface area contributed by atoms with E-state index in [0.717, 1.165) is 16.9 Å². The Morgan fingerprint density at radius 2 is 1.44 bits per heavy atom. The van der Waals surface area contributed by atoms with Crippen LogP contribution in [-0.4, -0.2) is 23.6 Å². The number of Topliss-reactive ketones (excluding diaryl/α,β-unsaturated/α-hetero) is 1. The van der Waals surface area contributed by atoms with Crippen molar-refractivity contribution in [3.63, 3.8) is 0 Å². The molecule has 0 saturated heterocycles. The van der Waals surface area contributed by atoms with Crippen LogP contribution in [0.5, 0.6) is 0 Å². The van der Waals surface area contributed by atoms with Crippen molar-refractivity contribution >= 4 is 22.9 Å². The highest BCUT2D eigenvalue weighted by Gasteiger charge is 2.18. The molecule has 0 N–H and O–H groups in total. The van der Waals surface area contributed by atoms with Gasteiger partial charge in [-0.1, -0.05) is 72.7 Å². The Hall–Kier alpha value is -3.64. The molecule has 0 aliphatic carbocycles. The van der Waals surface area contributed by atoms with E-state index in [1.165, 1.54) is 0 Å².